The van der Waals surface area contributed by atoms with E-state index in [1.165, 1.54) is 5.39 Å². The van der Waals surface area contributed by atoms with Gasteiger partial charge in [-0.3, -0.25) is 0 Å². The van der Waals surface area contributed by atoms with E-state index in [1.807, 2.05) is 58.0 Å². The summed E-state index contributed by atoms with van der Waals surface area (Å²) in [7, 11) is -3.52. The molecule has 2 atom stereocenters. The summed E-state index contributed by atoms with van der Waals surface area (Å²) in [6.07, 6.45) is 0. The Morgan fingerprint density at radius 2 is 1.50 bits per heavy atom. The van der Waals surface area contributed by atoms with Gasteiger partial charge in [0.15, 0.2) is 0 Å². The molecule has 0 spiro atoms. The van der Waals surface area contributed by atoms with E-state index in [1.54, 1.807) is 4.31 Å². The normalized spacial score (nSPS) is 22.5. The van der Waals surface area contributed by atoms with Gasteiger partial charge in [-0.25, -0.2) is 8.42 Å². The summed E-state index contributed by atoms with van der Waals surface area (Å²) < 4.78 is 28.3. The fraction of sp³-hybridized carbons (Fsp3) is 0.273. The molecule has 1 aliphatic heterocycles. The van der Waals surface area contributed by atoms with Crippen LogP contribution in [0.4, 0.5) is 0 Å². The van der Waals surface area contributed by atoms with Crippen molar-refractivity contribution in [1.82, 2.24) is 4.31 Å². The van der Waals surface area contributed by atoms with E-state index in [0.29, 0.717) is 11.4 Å². The third-order valence-corrected chi connectivity index (χ3v) is 7.69. The van der Waals surface area contributed by atoms with E-state index in [4.69, 9.17) is 0 Å². The first-order valence-electron chi connectivity index (χ1n) is 8.83. The van der Waals surface area contributed by atoms with Crippen LogP contribution in [0.2, 0.25) is 0 Å². The number of aryl methyl sites for hydroxylation is 3. The first-order chi connectivity index (χ1) is 12.2. The Bertz CT molecular complexity index is 1110. The molecule has 4 heteroatoms. The summed E-state index contributed by atoms with van der Waals surface area (Å²) in [4.78, 5) is 0.451. The number of benzene rings is 3. The third-order valence-electron chi connectivity index (χ3n) is 5.42. The molecule has 1 saturated heterocycles. The van der Waals surface area contributed by atoms with Gasteiger partial charge in [0.2, 0.25) is 10.0 Å². The third kappa shape index (κ3) is 2.56. The largest absolute Gasteiger partial charge is 0.244 e. The SMILES string of the molecule is Cc1cc(C)c(S(=O)(=O)N2C[C@@]2(C)c2ccc3ccccc3c2)c(C)c1. The lowest BCUT2D eigenvalue weighted by molar-refractivity contribution is 0.522. The number of nitrogens with zero attached hydrogens (tertiary/aromatic N) is 1. The zero-order chi connectivity index (χ0) is 18.7. The molecule has 1 aliphatic rings. The van der Waals surface area contributed by atoms with E-state index in [2.05, 4.69) is 24.3 Å². The average molecular weight is 365 g/mol. The van der Waals surface area contributed by atoms with Crippen molar-refractivity contribution >= 4 is 20.8 Å². The fourth-order valence-corrected chi connectivity index (χ4v) is 6.25. The molecule has 3 aromatic carbocycles. The van der Waals surface area contributed by atoms with Crippen LogP contribution >= 0.6 is 0 Å². The number of hydrogen-bond donors (Lipinski definition) is 0. The highest BCUT2D eigenvalue weighted by atomic mass is 32.2. The maximum atomic E-state index is 13.3. The molecule has 0 saturated carbocycles. The molecule has 134 valence electrons. The Kier molecular flexibility index (Phi) is 3.76. The lowest BCUT2D eigenvalue weighted by atomic mass is 9.98. The van der Waals surface area contributed by atoms with Gasteiger partial charge < -0.3 is 0 Å². The van der Waals surface area contributed by atoms with Crippen molar-refractivity contribution in [2.24, 2.45) is 0 Å². The standard InChI is InChI=1S/C22H23NO2S/c1-15-11-16(2)21(17(3)12-15)26(24,25)23-14-22(23,4)20-10-9-18-7-5-6-8-19(18)13-20/h5-13H,14H2,1-4H3/t22-,23?/m0/s1. The van der Waals surface area contributed by atoms with Crippen molar-refractivity contribution in [1.29, 1.82) is 0 Å². The first-order valence-corrected chi connectivity index (χ1v) is 10.3. The lowest BCUT2D eigenvalue weighted by Gasteiger charge is -2.17. The minimum Gasteiger partial charge on any atom is -0.207 e. The van der Waals surface area contributed by atoms with Crippen molar-refractivity contribution in [2.75, 3.05) is 6.54 Å². The van der Waals surface area contributed by atoms with Gasteiger partial charge in [-0.05, 0) is 61.2 Å². The van der Waals surface area contributed by atoms with E-state index in [9.17, 15) is 8.42 Å². The van der Waals surface area contributed by atoms with Crippen molar-refractivity contribution in [2.45, 2.75) is 38.1 Å². The van der Waals surface area contributed by atoms with Gasteiger partial charge in [0.25, 0.3) is 0 Å². The molecular formula is C22H23NO2S. The van der Waals surface area contributed by atoms with Crippen LogP contribution in [0.15, 0.2) is 59.5 Å². The molecule has 1 fully saturated rings. The average Bonchev–Trinajstić information content (AvgIpc) is 3.27. The Balaban J connectivity index is 1.76. The minimum absolute atomic E-state index is 0.451. The zero-order valence-electron chi connectivity index (χ0n) is 15.6. The Morgan fingerprint density at radius 1 is 0.885 bits per heavy atom. The van der Waals surface area contributed by atoms with Crippen molar-refractivity contribution < 1.29 is 8.42 Å². The lowest BCUT2D eigenvalue weighted by Crippen LogP contribution is -2.21. The van der Waals surface area contributed by atoms with Crippen molar-refractivity contribution in [3.63, 3.8) is 0 Å². The second-order valence-electron chi connectivity index (χ2n) is 7.58. The van der Waals surface area contributed by atoms with Crippen LogP contribution in [-0.2, 0) is 15.6 Å². The smallest absolute Gasteiger partial charge is 0.207 e. The van der Waals surface area contributed by atoms with Gasteiger partial charge in [-0.2, -0.15) is 4.31 Å². The summed E-state index contributed by atoms with van der Waals surface area (Å²) in [5, 5.41) is 2.30. The molecule has 0 N–H and O–H groups in total. The summed E-state index contributed by atoms with van der Waals surface area (Å²) >= 11 is 0. The summed E-state index contributed by atoms with van der Waals surface area (Å²) in [5.41, 5.74) is 3.28. The number of hydrogen-bond acceptors (Lipinski definition) is 2. The van der Waals surface area contributed by atoms with Crippen LogP contribution in [0.5, 0.6) is 0 Å². The molecule has 0 radical (unpaired) electrons. The van der Waals surface area contributed by atoms with Gasteiger partial charge in [0.1, 0.15) is 0 Å². The van der Waals surface area contributed by atoms with Crippen molar-refractivity contribution in [3.05, 3.63) is 76.9 Å². The van der Waals surface area contributed by atoms with Crippen LogP contribution in [0, 0.1) is 20.8 Å². The van der Waals surface area contributed by atoms with Crippen molar-refractivity contribution in [3.8, 4) is 0 Å². The number of rotatable bonds is 3. The predicted molar refractivity (Wildman–Crippen MR) is 106 cm³/mol. The monoisotopic (exact) mass is 365 g/mol. The molecule has 1 heterocycles. The Morgan fingerprint density at radius 3 is 2.15 bits per heavy atom. The van der Waals surface area contributed by atoms with Gasteiger partial charge in [-0.1, -0.05) is 54.1 Å². The number of fused-ring (bicyclic) bond motifs is 1. The van der Waals surface area contributed by atoms with Crippen LogP contribution in [0.25, 0.3) is 10.8 Å². The molecule has 3 nitrogen and oxygen atoms in total. The molecule has 4 rings (SSSR count). The maximum Gasteiger partial charge on any atom is 0.244 e. The van der Waals surface area contributed by atoms with Crippen LogP contribution in [0.3, 0.4) is 0 Å². The number of sulfonamides is 1. The van der Waals surface area contributed by atoms with Crippen LogP contribution < -0.4 is 0 Å². The second-order valence-corrected chi connectivity index (χ2v) is 9.37. The molecule has 0 aromatic heterocycles. The first kappa shape index (κ1) is 17.3. The van der Waals surface area contributed by atoms with E-state index >= 15 is 0 Å². The molecule has 0 amide bonds. The highest BCUT2D eigenvalue weighted by molar-refractivity contribution is 7.89. The second kappa shape index (κ2) is 5.66. The van der Waals surface area contributed by atoms with Gasteiger partial charge in [0, 0.05) is 6.54 Å². The maximum absolute atomic E-state index is 13.3. The zero-order valence-corrected chi connectivity index (χ0v) is 16.4. The van der Waals surface area contributed by atoms with Gasteiger partial charge >= 0.3 is 0 Å². The fourth-order valence-electron chi connectivity index (χ4n) is 4.04. The van der Waals surface area contributed by atoms with Crippen LogP contribution in [0.1, 0.15) is 29.2 Å². The predicted octanol–water partition coefficient (Wildman–Crippen LogP) is 4.68. The summed E-state index contributed by atoms with van der Waals surface area (Å²) in [6, 6.07) is 18.3. The van der Waals surface area contributed by atoms with Gasteiger partial charge in [0.05, 0.1) is 10.4 Å². The Labute approximate surface area is 155 Å². The summed E-state index contributed by atoms with van der Waals surface area (Å²) in [6.45, 7) is 8.27. The Hall–Kier alpha value is -2.17. The quantitative estimate of drug-likeness (QED) is 0.632. The molecule has 26 heavy (non-hydrogen) atoms. The molecule has 3 aromatic rings. The molecule has 0 bridgehead atoms. The van der Waals surface area contributed by atoms with E-state index < -0.39 is 15.6 Å². The molecule has 1 unspecified atom stereocenters. The highest BCUT2D eigenvalue weighted by Gasteiger charge is 2.57. The summed E-state index contributed by atoms with van der Waals surface area (Å²) in [5.74, 6) is 0. The highest BCUT2D eigenvalue weighted by Crippen LogP contribution is 2.47. The van der Waals surface area contributed by atoms with E-state index in [-0.39, 0.29) is 0 Å². The van der Waals surface area contributed by atoms with Crippen LogP contribution in [-0.4, -0.2) is 19.3 Å². The topological polar surface area (TPSA) is 37.1 Å². The molecule has 0 aliphatic carbocycles. The molecular weight excluding hydrogens is 342 g/mol. The van der Waals surface area contributed by atoms with E-state index in [0.717, 1.165) is 27.6 Å². The minimum atomic E-state index is -3.52. The van der Waals surface area contributed by atoms with Gasteiger partial charge in [-0.15, -0.1) is 0 Å².